The summed E-state index contributed by atoms with van der Waals surface area (Å²) in [5, 5.41) is 11.5. The smallest absolute Gasteiger partial charge is 0.273 e. The van der Waals surface area contributed by atoms with E-state index in [0.29, 0.717) is 5.56 Å². The normalized spacial score (nSPS) is 11.8. The minimum atomic E-state index is -0.306. The lowest BCUT2D eigenvalue weighted by atomic mass is 9.84. The van der Waals surface area contributed by atoms with Crippen molar-refractivity contribution < 1.29 is 4.92 Å². The van der Waals surface area contributed by atoms with Crippen LogP contribution in [0, 0.1) is 10.1 Å². The molecule has 0 saturated carbocycles. The van der Waals surface area contributed by atoms with Crippen molar-refractivity contribution in [3.05, 3.63) is 106 Å². The molecule has 4 heteroatoms. The summed E-state index contributed by atoms with van der Waals surface area (Å²) in [5.74, 6) is -0.181. The van der Waals surface area contributed by atoms with Crippen molar-refractivity contribution in [3.63, 3.8) is 0 Å². The van der Waals surface area contributed by atoms with E-state index in [0.717, 1.165) is 16.8 Å². The first kappa shape index (κ1) is 16.7. The van der Waals surface area contributed by atoms with Gasteiger partial charge in [0, 0.05) is 37.3 Å². The van der Waals surface area contributed by atoms with Gasteiger partial charge in [-0.1, -0.05) is 60.7 Å². The highest BCUT2D eigenvalue weighted by Gasteiger charge is 2.24. The van der Waals surface area contributed by atoms with E-state index in [1.807, 2.05) is 85.7 Å². The zero-order valence-corrected chi connectivity index (χ0v) is 14.3. The fourth-order valence-corrected chi connectivity index (χ4v) is 3.06. The molecule has 0 spiro atoms. The van der Waals surface area contributed by atoms with Gasteiger partial charge in [-0.25, -0.2) is 0 Å². The monoisotopic (exact) mass is 332 g/mol. The summed E-state index contributed by atoms with van der Waals surface area (Å²) in [7, 11) is 3.98. The molecule has 0 aliphatic rings. The molecular weight excluding hydrogens is 312 g/mol. The van der Waals surface area contributed by atoms with Gasteiger partial charge in [-0.3, -0.25) is 10.1 Å². The van der Waals surface area contributed by atoms with Crippen LogP contribution < -0.4 is 4.90 Å². The molecule has 0 radical (unpaired) electrons. The first-order chi connectivity index (χ1) is 12.1. The molecule has 0 aliphatic heterocycles. The summed E-state index contributed by atoms with van der Waals surface area (Å²) in [4.78, 5) is 13.3. The van der Waals surface area contributed by atoms with Gasteiger partial charge in [0.1, 0.15) is 0 Å². The third kappa shape index (κ3) is 3.53. The Hall–Kier alpha value is -3.14. The molecular formula is C21H20N2O2. The van der Waals surface area contributed by atoms with Crippen molar-refractivity contribution in [2.75, 3.05) is 19.0 Å². The molecule has 0 fully saturated rings. The number of benzene rings is 3. The van der Waals surface area contributed by atoms with Crippen LogP contribution in [0.15, 0.2) is 78.9 Å². The van der Waals surface area contributed by atoms with E-state index in [1.54, 1.807) is 12.1 Å². The molecule has 0 bridgehead atoms. The Balaban J connectivity index is 2.16. The van der Waals surface area contributed by atoms with Gasteiger partial charge in [-0.2, -0.15) is 0 Å². The number of nitrogens with zero attached hydrogens (tertiary/aromatic N) is 2. The summed E-state index contributed by atoms with van der Waals surface area (Å²) < 4.78 is 0. The van der Waals surface area contributed by atoms with Crippen LogP contribution in [0.4, 0.5) is 11.4 Å². The van der Waals surface area contributed by atoms with E-state index in [2.05, 4.69) is 0 Å². The van der Waals surface area contributed by atoms with E-state index in [4.69, 9.17) is 0 Å². The lowest BCUT2D eigenvalue weighted by molar-refractivity contribution is -0.385. The van der Waals surface area contributed by atoms with Crippen molar-refractivity contribution in [1.82, 2.24) is 0 Å². The number of nitro benzene ring substituents is 1. The Bertz CT molecular complexity index is 859. The van der Waals surface area contributed by atoms with Crippen molar-refractivity contribution in [2.24, 2.45) is 0 Å². The van der Waals surface area contributed by atoms with Crippen LogP contribution in [0.2, 0.25) is 0 Å². The van der Waals surface area contributed by atoms with Crippen LogP contribution in [0.3, 0.4) is 0 Å². The van der Waals surface area contributed by atoms with Gasteiger partial charge in [0.15, 0.2) is 0 Å². The quantitative estimate of drug-likeness (QED) is 0.381. The van der Waals surface area contributed by atoms with E-state index < -0.39 is 0 Å². The van der Waals surface area contributed by atoms with Crippen molar-refractivity contribution in [1.29, 1.82) is 0 Å². The molecule has 0 N–H and O–H groups in total. The first-order valence-corrected chi connectivity index (χ1v) is 8.13. The summed E-state index contributed by atoms with van der Waals surface area (Å²) >= 11 is 0. The number of anilines is 1. The summed E-state index contributed by atoms with van der Waals surface area (Å²) in [6, 6.07) is 25.1. The van der Waals surface area contributed by atoms with E-state index >= 15 is 0 Å². The molecule has 1 atom stereocenters. The Morgan fingerprint density at radius 1 is 0.800 bits per heavy atom. The van der Waals surface area contributed by atoms with Crippen molar-refractivity contribution in [2.45, 2.75) is 5.92 Å². The van der Waals surface area contributed by atoms with Gasteiger partial charge in [0.25, 0.3) is 5.69 Å². The van der Waals surface area contributed by atoms with Crippen LogP contribution in [-0.2, 0) is 0 Å². The van der Waals surface area contributed by atoms with Crippen molar-refractivity contribution >= 4 is 11.4 Å². The molecule has 4 nitrogen and oxygen atoms in total. The van der Waals surface area contributed by atoms with Gasteiger partial charge in [-0.05, 0) is 23.3 Å². The lowest BCUT2D eigenvalue weighted by Gasteiger charge is -2.20. The van der Waals surface area contributed by atoms with Crippen LogP contribution >= 0.6 is 0 Å². The van der Waals surface area contributed by atoms with Gasteiger partial charge in [0.05, 0.1) is 4.92 Å². The van der Waals surface area contributed by atoms with Gasteiger partial charge in [0.2, 0.25) is 0 Å². The molecule has 0 aliphatic carbocycles. The maximum atomic E-state index is 11.5. The Morgan fingerprint density at radius 2 is 1.36 bits per heavy atom. The zero-order chi connectivity index (χ0) is 17.8. The summed E-state index contributed by atoms with van der Waals surface area (Å²) in [6.07, 6.45) is 0. The number of hydrogen-bond donors (Lipinski definition) is 0. The first-order valence-electron chi connectivity index (χ1n) is 8.13. The Kier molecular flexibility index (Phi) is 4.80. The van der Waals surface area contributed by atoms with Crippen LogP contribution in [-0.4, -0.2) is 19.0 Å². The molecule has 3 aromatic carbocycles. The minimum absolute atomic E-state index is 0.146. The Labute approximate surface area is 147 Å². The number of nitro groups is 1. The predicted molar refractivity (Wildman–Crippen MR) is 101 cm³/mol. The van der Waals surface area contributed by atoms with Crippen LogP contribution in [0.5, 0.6) is 0 Å². The largest absolute Gasteiger partial charge is 0.378 e. The highest BCUT2D eigenvalue weighted by atomic mass is 16.6. The van der Waals surface area contributed by atoms with Gasteiger partial charge >= 0.3 is 0 Å². The SMILES string of the molecule is CN(C)c1ccc(C(c2ccccc2)c2ccccc2[N+](=O)[O-])cc1. The molecule has 0 heterocycles. The lowest BCUT2D eigenvalue weighted by Crippen LogP contribution is -2.10. The fraction of sp³-hybridized carbons (Fsp3) is 0.143. The highest BCUT2D eigenvalue weighted by Crippen LogP contribution is 2.37. The zero-order valence-electron chi connectivity index (χ0n) is 14.3. The van der Waals surface area contributed by atoms with E-state index in [-0.39, 0.29) is 16.5 Å². The maximum absolute atomic E-state index is 11.5. The van der Waals surface area contributed by atoms with Gasteiger partial charge < -0.3 is 4.90 Å². The molecule has 25 heavy (non-hydrogen) atoms. The van der Waals surface area contributed by atoms with E-state index in [9.17, 15) is 10.1 Å². The minimum Gasteiger partial charge on any atom is -0.378 e. The Morgan fingerprint density at radius 3 is 1.96 bits per heavy atom. The van der Waals surface area contributed by atoms with E-state index in [1.165, 1.54) is 0 Å². The van der Waals surface area contributed by atoms with Crippen LogP contribution in [0.1, 0.15) is 22.6 Å². The second kappa shape index (κ2) is 7.18. The topological polar surface area (TPSA) is 46.4 Å². The predicted octanol–water partition coefficient (Wildman–Crippen LogP) is 4.84. The standard InChI is InChI=1S/C21H20N2O2/c1-22(2)18-14-12-17(13-15-18)21(16-8-4-3-5-9-16)19-10-6-7-11-20(19)23(24)25/h3-15,21H,1-2H3. The number of para-hydroxylation sites is 1. The van der Waals surface area contributed by atoms with Crippen molar-refractivity contribution in [3.8, 4) is 0 Å². The highest BCUT2D eigenvalue weighted by molar-refractivity contribution is 5.55. The second-order valence-electron chi connectivity index (χ2n) is 6.15. The van der Waals surface area contributed by atoms with Crippen LogP contribution in [0.25, 0.3) is 0 Å². The molecule has 1 unspecified atom stereocenters. The summed E-state index contributed by atoms with van der Waals surface area (Å²) in [5.41, 5.74) is 4.02. The molecule has 3 aromatic rings. The average molecular weight is 332 g/mol. The molecule has 126 valence electrons. The second-order valence-corrected chi connectivity index (χ2v) is 6.15. The third-order valence-electron chi connectivity index (χ3n) is 4.32. The third-order valence-corrected chi connectivity index (χ3v) is 4.32. The average Bonchev–Trinajstić information content (AvgIpc) is 2.63. The molecule has 0 saturated heterocycles. The van der Waals surface area contributed by atoms with Gasteiger partial charge in [-0.15, -0.1) is 0 Å². The molecule has 3 rings (SSSR count). The number of hydrogen-bond acceptors (Lipinski definition) is 3. The maximum Gasteiger partial charge on any atom is 0.273 e. The fourth-order valence-electron chi connectivity index (χ4n) is 3.06. The molecule has 0 amide bonds. The molecule has 0 aromatic heterocycles. The number of rotatable bonds is 5. The summed E-state index contributed by atoms with van der Waals surface area (Å²) in [6.45, 7) is 0.